The van der Waals surface area contributed by atoms with Gasteiger partial charge in [0.25, 0.3) is 0 Å². The van der Waals surface area contributed by atoms with Crippen molar-refractivity contribution in [2.24, 2.45) is 11.8 Å². The van der Waals surface area contributed by atoms with E-state index in [2.05, 4.69) is 6.92 Å². The van der Waals surface area contributed by atoms with Gasteiger partial charge in [0.15, 0.2) is 5.78 Å². The number of hydrogen-bond acceptors (Lipinski definition) is 2. The second-order valence-electron chi connectivity index (χ2n) is 5.18. The van der Waals surface area contributed by atoms with Crippen molar-refractivity contribution in [3.8, 4) is 0 Å². The van der Waals surface area contributed by atoms with Gasteiger partial charge in [0.05, 0.1) is 0 Å². The summed E-state index contributed by atoms with van der Waals surface area (Å²) in [6, 6.07) is 6.86. The van der Waals surface area contributed by atoms with Gasteiger partial charge in [0.1, 0.15) is 5.78 Å². The predicted molar refractivity (Wildman–Crippen MR) is 71.9 cm³/mol. The van der Waals surface area contributed by atoms with Crippen molar-refractivity contribution in [2.45, 2.75) is 32.6 Å². The molecule has 0 bridgehead atoms. The smallest absolute Gasteiger partial charge is 0.163 e. The van der Waals surface area contributed by atoms with Crippen LogP contribution in [-0.2, 0) is 4.79 Å². The first kappa shape index (κ1) is 13.3. The number of carbonyl (C=O) groups excluding carboxylic acids is 2. The highest BCUT2D eigenvalue weighted by Crippen LogP contribution is 2.29. The van der Waals surface area contributed by atoms with E-state index in [1.165, 1.54) is 0 Å². The zero-order valence-corrected chi connectivity index (χ0v) is 11.2. The van der Waals surface area contributed by atoms with Crippen LogP contribution in [0.5, 0.6) is 0 Å². The van der Waals surface area contributed by atoms with Crippen LogP contribution in [0, 0.1) is 11.8 Å². The Labute approximate surface area is 112 Å². The van der Waals surface area contributed by atoms with Gasteiger partial charge >= 0.3 is 0 Å². The van der Waals surface area contributed by atoms with E-state index in [-0.39, 0.29) is 17.5 Å². The van der Waals surface area contributed by atoms with Gasteiger partial charge in [-0.2, -0.15) is 0 Å². The molecule has 0 aliphatic heterocycles. The Morgan fingerprint density at radius 3 is 2.67 bits per heavy atom. The first-order valence-corrected chi connectivity index (χ1v) is 6.75. The highest BCUT2D eigenvalue weighted by molar-refractivity contribution is 6.30. The highest BCUT2D eigenvalue weighted by Gasteiger charge is 2.28. The minimum atomic E-state index is -0.0862. The van der Waals surface area contributed by atoms with Gasteiger partial charge in [-0.25, -0.2) is 0 Å². The van der Waals surface area contributed by atoms with Gasteiger partial charge < -0.3 is 0 Å². The molecule has 2 rings (SSSR count). The summed E-state index contributed by atoms with van der Waals surface area (Å²) in [7, 11) is 0. The Kier molecular flexibility index (Phi) is 4.18. The molecular formula is C15H17ClO2. The highest BCUT2D eigenvalue weighted by atomic mass is 35.5. The number of ketones is 2. The standard InChI is InChI=1S/C15H17ClO2/c1-10-2-7-14(17)12(8-10)9-15(18)11-3-5-13(16)6-4-11/h3-6,10,12H,2,7-9H2,1H3. The molecule has 2 atom stereocenters. The first-order valence-electron chi connectivity index (χ1n) is 6.37. The zero-order valence-electron chi connectivity index (χ0n) is 10.5. The monoisotopic (exact) mass is 264 g/mol. The minimum absolute atomic E-state index is 0.0408. The molecule has 18 heavy (non-hydrogen) atoms. The SMILES string of the molecule is CC1CCC(=O)C(CC(=O)c2ccc(Cl)cc2)C1. The van der Waals surface area contributed by atoms with Crippen LogP contribution in [0.3, 0.4) is 0 Å². The summed E-state index contributed by atoms with van der Waals surface area (Å²) in [6.07, 6.45) is 2.77. The third-order valence-corrected chi connectivity index (χ3v) is 3.88. The third-order valence-electron chi connectivity index (χ3n) is 3.62. The number of Topliss-reactive ketones (excluding diaryl/α,β-unsaturated/α-hetero) is 2. The Bertz CT molecular complexity index is 450. The van der Waals surface area contributed by atoms with E-state index >= 15 is 0 Å². The summed E-state index contributed by atoms with van der Waals surface area (Å²) in [5.74, 6) is 0.747. The van der Waals surface area contributed by atoms with Crippen molar-refractivity contribution >= 4 is 23.2 Å². The predicted octanol–water partition coefficient (Wildman–Crippen LogP) is 3.92. The van der Waals surface area contributed by atoms with Crippen LogP contribution in [0.1, 0.15) is 43.0 Å². The first-order chi connectivity index (χ1) is 8.56. The molecular weight excluding hydrogens is 248 g/mol. The summed E-state index contributed by atoms with van der Waals surface area (Å²) < 4.78 is 0. The fourth-order valence-corrected chi connectivity index (χ4v) is 2.63. The fourth-order valence-electron chi connectivity index (χ4n) is 2.50. The van der Waals surface area contributed by atoms with Crippen molar-refractivity contribution in [2.75, 3.05) is 0 Å². The maximum Gasteiger partial charge on any atom is 0.163 e. The summed E-state index contributed by atoms with van der Waals surface area (Å²) in [5.41, 5.74) is 0.644. The van der Waals surface area contributed by atoms with E-state index in [1.807, 2.05) is 0 Å². The molecule has 1 fully saturated rings. The van der Waals surface area contributed by atoms with Crippen molar-refractivity contribution in [1.82, 2.24) is 0 Å². The van der Waals surface area contributed by atoms with Gasteiger partial charge in [-0.1, -0.05) is 18.5 Å². The number of rotatable bonds is 3. The minimum Gasteiger partial charge on any atom is -0.299 e. The maximum atomic E-state index is 12.1. The third kappa shape index (κ3) is 3.20. The largest absolute Gasteiger partial charge is 0.299 e. The summed E-state index contributed by atoms with van der Waals surface area (Å²) in [6.45, 7) is 2.15. The Balaban J connectivity index is 2.02. The fraction of sp³-hybridized carbons (Fsp3) is 0.467. The van der Waals surface area contributed by atoms with Crippen LogP contribution < -0.4 is 0 Å². The van der Waals surface area contributed by atoms with Crippen LogP contribution in [0.15, 0.2) is 24.3 Å². The van der Waals surface area contributed by atoms with Crippen LogP contribution >= 0.6 is 11.6 Å². The van der Waals surface area contributed by atoms with E-state index in [1.54, 1.807) is 24.3 Å². The van der Waals surface area contributed by atoms with Crippen LogP contribution in [0.25, 0.3) is 0 Å². The Morgan fingerprint density at radius 2 is 2.00 bits per heavy atom. The quantitative estimate of drug-likeness (QED) is 0.776. The van der Waals surface area contributed by atoms with Crippen LogP contribution in [-0.4, -0.2) is 11.6 Å². The zero-order chi connectivity index (χ0) is 13.1. The molecule has 2 unspecified atom stereocenters. The number of benzene rings is 1. The molecule has 0 aromatic heterocycles. The second-order valence-corrected chi connectivity index (χ2v) is 5.61. The van der Waals surface area contributed by atoms with E-state index < -0.39 is 0 Å². The molecule has 1 aromatic rings. The summed E-state index contributed by atoms with van der Waals surface area (Å²) in [5, 5.41) is 0.619. The molecule has 1 aliphatic rings. The maximum absolute atomic E-state index is 12.1. The Hall–Kier alpha value is -1.15. The lowest BCUT2D eigenvalue weighted by molar-refractivity contribution is -0.125. The van der Waals surface area contributed by atoms with Crippen molar-refractivity contribution in [3.63, 3.8) is 0 Å². The molecule has 0 saturated heterocycles. The molecule has 96 valence electrons. The van der Waals surface area contributed by atoms with Crippen molar-refractivity contribution < 1.29 is 9.59 Å². The van der Waals surface area contributed by atoms with Crippen LogP contribution in [0.2, 0.25) is 5.02 Å². The molecule has 3 heteroatoms. The van der Waals surface area contributed by atoms with E-state index in [0.717, 1.165) is 12.8 Å². The van der Waals surface area contributed by atoms with Crippen LogP contribution in [0.4, 0.5) is 0 Å². The molecule has 0 amide bonds. The normalized spacial score (nSPS) is 24.0. The van der Waals surface area contributed by atoms with Gasteiger partial charge in [-0.15, -0.1) is 0 Å². The molecule has 2 nitrogen and oxygen atoms in total. The molecule has 0 N–H and O–H groups in total. The lowest BCUT2D eigenvalue weighted by atomic mass is 9.78. The molecule has 1 saturated carbocycles. The van der Waals surface area contributed by atoms with Gasteiger partial charge in [-0.05, 0) is 43.0 Å². The molecule has 0 radical (unpaired) electrons. The molecule has 1 aromatic carbocycles. The number of hydrogen-bond donors (Lipinski definition) is 0. The van der Waals surface area contributed by atoms with Crippen molar-refractivity contribution in [3.05, 3.63) is 34.9 Å². The van der Waals surface area contributed by atoms with Crippen molar-refractivity contribution in [1.29, 1.82) is 0 Å². The number of halogens is 1. The van der Waals surface area contributed by atoms with Gasteiger partial charge in [0.2, 0.25) is 0 Å². The lowest BCUT2D eigenvalue weighted by Gasteiger charge is -2.24. The summed E-state index contributed by atoms with van der Waals surface area (Å²) in [4.78, 5) is 23.9. The average molecular weight is 265 g/mol. The van der Waals surface area contributed by atoms with Gasteiger partial charge in [-0.3, -0.25) is 9.59 Å². The Morgan fingerprint density at radius 1 is 1.33 bits per heavy atom. The average Bonchev–Trinajstić information content (AvgIpc) is 2.34. The van der Waals surface area contributed by atoms with E-state index in [9.17, 15) is 9.59 Å². The molecule has 0 heterocycles. The number of carbonyl (C=O) groups is 2. The second kappa shape index (κ2) is 5.66. The summed E-state index contributed by atoms with van der Waals surface area (Å²) >= 11 is 5.79. The topological polar surface area (TPSA) is 34.1 Å². The lowest BCUT2D eigenvalue weighted by Crippen LogP contribution is -2.25. The van der Waals surface area contributed by atoms with E-state index in [4.69, 9.17) is 11.6 Å². The van der Waals surface area contributed by atoms with E-state index in [0.29, 0.717) is 29.3 Å². The molecule has 1 aliphatic carbocycles. The van der Waals surface area contributed by atoms with Gasteiger partial charge in [0, 0.05) is 29.3 Å². The molecule has 0 spiro atoms.